The van der Waals surface area contributed by atoms with Crippen molar-refractivity contribution in [1.82, 2.24) is 4.90 Å². The summed E-state index contributed by atoms with van der Waals surface area (Å²) in [4.78, 5) is 15.6. The van der Waals surface area contributed by atoms with Gasteiger partial charge in [0.15, 0.2) is 0 Å². The molecule has 0 bridgehead atoms. The first kappa shape index (κ1) is 18.0. The highest BCUT2D eigenvalue weighted by atomic mass is 79.9. The molecule has 0 aliphatic carbocycles. The van der Waals surface area contributed by atoms with E-state index < -0.39 is 0 Å². The van der Waals surface area contributed by atoms with E-state index in [1.165, 1.54) is 17.4 Å². The molecule has 122 valence electrons. The predicted molar refractivity (Wildman–Crippen MR) is 97.6 cm³/mol. The molecule has 0 saturated heterocycles. The normalized spacial score (nSPS) is 10.8. The van der Waals surface area contributed by atoms with Crippen molar-refractivity contribution in [2.24, 2.45) is 0 Å². The Morgan fingerprint density at radius 1 is 1.13 bits per heavy atom. The molecule has 0 aliphatic heterocycles. The van der Waals surface area contributed by atoms with E-state index in [0.717, 1.165) is 21.5 Å². The van der Waals surface area contributed by atoms with E-state index in [1.54, 1.807) is 11.8 Å². The number of carbonyl (C=O) groups excluding carboxylic acids is 1. The zero-order chi connectivity index (χ0) is 16.8. The monoisotopic (exact) mass is 393 g/mol. The lowest BCUT2D eigenvalue weighted by atomic mass is 10.2. The minimum atomic E-state index is -0.270. The van der Waals surface area contributed by atoms with Gasteiger partial charge in [-0.1, -0.05) is 45.9 Å². The summed E-state index contributed by atoms with van der Waals surface area (Å²) in [6, 6.07) is 14.4. The van der Waals surface area contributed by atoms with Gasteiger partial charge in [-0.3, -0.25) is 4.79 Å². The molecule has 23 heavy (non-hydrogen) atoms. The molecule has 2 aromatic rings. The summed E-state index contributed by atoms with van der Waals surface area (Å²) >= 11 is 5.18. The number of halogens is 1. The summed E-state index contributed by atoms with van der Waals surface area (Å²) < 4.78 is 6.15. The van der Waals surface area contributed by atoms with Gasteiger partial charge in [-0.25, -0.2) is 0 Å². The van der Waals surface area contributed by atoms with Crippen LogP contribution < -0.4 is 0 Å². The number of carbonyl (C=O) groups is 1. The van der Waals surface area contributed by atoms with Crippen LogP contribution in [0.25, 0.3) is 0 Å². The van der Waals surface area contributed by atoms with Crippen LogP contribution in [0.15, 0.2) is 56.7 Å². The molecule has 0 spiro atoms. The molecule has 0 atom stereocenters. The molecule has 0 N–H and O–H groups in total. The van der Waals surface area contributed by atoms with Crippen molar-refractivity contribution in [1.29, 1.82) is 0 Å². The maximum Gasteiger partial charge on any atom is 0.302 e. The third-order valence-corrected chi connectivity index (χ3v) is 4.86. The number of hydrogen-bond acceptors (Lipinski definition) is 4. The molecule has 3 nitrogen and oxygen atoms in total. The van der Waals surface area contributed by atoms with Crippen molar-refractivity contribution >= 4 is 33.7 Å². The number of benzene rings is 2. The van der Waals surface area contributed by atoms with Gasteiger partial charge >= 0.3 is 5.97 Å². The maximum atomic E-state index is 11.1. The standard InChI is InChI=1S/C18H20BrNO2S/c1-13(21)22-12-15-10-16(19)8-9-18(15)23-17-7-5-4-6-14(17)11-20(2)3/h4-10H,11-12H2,1-3H3. The summed E-state index contributed by atoms with van der Waals surface area (Å²) in [6.07, 6.45) is 0. The number of ether oxygens (including phenoxy) is 1. The summed E-state index contributed by atoms with van der Waals surface area (Å²) in [5.41, 5.74) is 2.28. The fraction of sp³-hybridized carbons (Fsp3) is 0.278. The minimum Gasteiger partial charge on any atom is -0.461 e. The average Bonchev–Trinajstić information content (AvgIpc) is 2.48. The van der Waals surface area contributed by atoms with Gasteiger partial charge in [-0.15, -0.1) is 0 Å². The van der Waals surface area contributed by atoms with Crippen LogP contribution in [0.3, 0.4) is 0 Å². The Bertz CT molecular complexity index is 688. The van der Waals surface area contributed by atoms with E-state index in [4.69, 9.17) is 4.74 Å². The van der Waals surface area contributed by atoms with Gasteiger partial charge in [-0.05, 0) is 43.9 Å². The first-order valence-electron chi connectivity index (χ1n) is 7.28. The quantitative estimate of drug-likeness (QED) is 0.663. The lowest BCUT2D eigenvalue weighted by molar-refractivity contribution is -0.142. The number of rotatable bonds is 6. The Kier molecular flexibility index (Phi) is 6.69. The zero-order valence-electron chi connectivity index (χ0n) is 13.5. The van der Waals surface area contributed by atoms with E-state index in [-0.39, 0.29) is 12.6 Å². The highest BCUT2D eigenvalue weighted by Gasteiger charge is 2.10. The Balaban J connectivity index is 2.27. The van der Waals surface area contributed by atoms with Gasteiger partial charge in [0.05, 0.1) is 0 Å². The number of hydrogen-bond donors (Lipinski definition) is 0. The molecule has 2 rings (SSSR count). The van der Waals surface area contributed by atoms with Crippen molar-refractivity contribution in [3.63, 3.8) is 0 Å². The molecule has 0 fully saturated rings. The lowest BCUT2D eigenvalue weighted by Gasteiger charge is -2.15. The van der Waals surface area contributed by atoms with Crippen LogP contribution in [-0.4, -0.2) is 25.0 Å². The molecule has 0 heterocycles. The smallest absolute Gasteiger partial charge is 0.302 e. The van der Waals surface area contributed by atoms with E-state index >= 15 is 0 Å². The second-order valence-corrected chi connectivity index (χ2v) is 7.48. The van der Waals surface area contributed by atoms with Gasteiger partial charge in [0, 0.05) is 33.3 Å². The fourth-order valence-corrected chi connectivity index (χ4v) is 3.57. The zero-order valence-corrected chi connectivity index (χ0v) is 15.9. The number of esters is 1. The van der Waals surface area contributed by atoms with E-state index in [1.807, 2.05) is 18.2 Å². The summed E-state index contributed by atoms with van der Waals surface area (Å²) in [7, 11) is 4.13. The van der Waals surface area contributed by atoms with Crippen molar-refractivity contribution < 1.29 is 9.53 Å². The third-order valence-electron chi connectivity index (χ3n) is 3.13. The summed E-state index contributed by atoms with van der Waals surface area (Å²) in [5.74, 6) is -0.270. The Morgan fingerprint density at radius 2 is 1.83 bits per heavy atom. The Hall–Kier alpha value is -1.30. The first-order chi connectivity index (χ1) is 11.0. The molecule has 0 aromatic heterocycles. The van der Waals surface area contributed by atoms with Crippen LogP contribution in [0, 0.1) is 0 Å². The molecule has 5 heteroatoms. The maximum absolute atomic E-state index is 11.1. The Morgan fingerprint density at radius 3 is 2.52 bits per heavy atom. The molecular formula is C18H20BrNO2S. The highest BCUT2D eigenvalue weighted by Crippen LogP contribution is 2.34. The van der Waals surface area contributed by atoms with E-state index in [9.17, 15) is 4.79 Å². The highest BCUT2D eigenvalue weighted by molar-refractivity contribution is 9.10. The van der Waals surface area contributed by atoms with Crippen molar-refractivity contribution in [3.05, 3.63) is 58.1 Å². The van der Waals surface area contributed by atoms with Crippen LogP contribution in [-0.2, 0) is 22.7 Å². The van der Waals surface area contributed by atoms with Gasteiger partial charge in [0.2, 0.25) is 0 Å². The predicted octanol–water partition coefficient (Wildman–Crippen LogP) is 4.73. The molecular weight excluding hydrogens is 374 g/mol. The van der Waals surface area contributed by atoms with Crippen molar-refractivity contribution in [3.8, 4) is 0 Å². The van der Waals surface area contributed by atoms with Crippen LogP contribution in [0.5, 0.6) is 0 Å². The molecule has 0 radical (unpaired) electrons. The second kappa shape index (κ2) is 8.52. The largest absolute Gasteiger partial charge is 0.461 e. The average molecular weight is 394 g/mol. The van der Waals surface area contributed by atoms with E-state index in [2.05, 4.69) is 59.2 Å². The van der Waals surface area contributed by atoms with Crippen molar-refractivity contribution in [2.45, 2.75) is 29.9 Å². The Labute approximate surface area is 150 Å². The molecule has 0 unspecified atom stereocenters. The van der Waals surface area contributed by atoms with Crippen LogP contribution in [0.4, 0.5) is 0 Å². The first-order valence-corrected chi connectivity index (χ1v) is 8.89. The second-order valence-electron chi connectivity index (χ2n) is 5.48. The third kappa shape index (κ3) is 5.68. The molecule has 0 aliphatic rings. The van der Waals surface area contributed by atoms with E-state index in [0.29, 0.717) is 0 Å². The summed E-state index contributed by atoms with van der Waals surface area (Å²) in [5, 5.41) is 0. The number of nitrogens with zero attached hydrogens (tertiary/aromatic N) is 1. The topological polar surface area (TPSA) is 29.5 Å². The summed E-state index contributed by atoms with van der Waals surface area (Å²) in [6.45, 7) is 2.60. The van der Waals surface area contributed by atoms with Gasteiger partial charge in [0.1, 0.15) is 6.61 Å². The molecule has 0 saturated carbocycles. The lowest BCUT2D eigenvalue weighted by Crippen LogP contribution is -2.11. The van der Waals surface area contributed by atoms with Crippen LogP contribution in [0.2, 0.25) is 0 Å². The van der Waals surface area contributed by atoms with Crippen LogP contribution >= 0.6 is 27.7 Å². The molecule has 0 amide bonds. The van der Waals surface area contributed by atoms with Gasteiger partial charge in [-0.2, -0.15) is 0 Å². The van der Waals surface area contributed by atoms with Crippen LogP contribution in [0.1, 0.15) is 18.1 Å². The minimum absolute atomic E-state index is 0.270. The van der Waals surface area contributed by atoms with Crippen molar-refractivity contribution in [2.75, 3.05) is 14.1 Å². The molecule has 2 aromatic carbocycles. The fourth-order valence-electron chi connectivity index (χ4n) is 2.13. The van der Waals surface area contributed by atoms with Gasteiger partial charge < -0.3 is 9.64 Å². The van der Waals surface area contributed by atoms with Gasteiger partial charge in [0.25, 0.3) is 0 Å². The SMILES string of the molecule is CC(=O)OCc1cc(Br)ccc1Sc1ccccc1CN(C)C.